The summed E-state index contributed by atoms with van der Waals surface area (Å²) in [5.41, 5.74) is 0. The Morgan fingerprint density at radius 2 is 2.37 bits per heavy atom. The minimum atomic E-state index is 0.00000877. The number of nitrogens with one attached hydrogen (secondary N) is 1. The number of likely N-dealkylation sites (N-methyl/N-ethyl adjacent to an activating group) is 1. The summed E-state index contributed by atoms with van der Waals surface area (Å²) >= 11 is 1.88. The van der Waals surface area contributed by atoms with Gasteiger partial charge < -0.3 is 14.6 Å². The Balaban J connectivity index is 1.91. The third-order valence-corrected chi connectivity index (χ3v) is 4.13. The molecule has 0 spiro atoms. The van der Waals surface area contributed by atoms with Gasteiger partial charge in [-0.1, -0.05) is 25.4 Å². The van der Waals surface area contributed by atoms with Crippen LogP contribution in [0.5, 0.6) is 0 Å². The Hall–Kier alpha value is -0.590. The van der Waals surface area contributed by atoms with Crippen molar-refractivity contribution < 1.29 is 9.26 Å². The molecule has 0 radical (unpaired) electrons. The molecule has 5 nitrogen and oxygen atoms in total. The fourth-order valence-corrected chi connectivity index (χ4v) is 3.08. The fraction of sp³-hybridized carbons (Fsp3) is 0.846. The van der Waals surface area contributed by atoms with Crippen LogP contribution in [0.4, 0.5) is 0 Å². The van der Waals surface area contributed by atoms with Gasteiger partial charge in [0.05, 0.1) is 6.61 Å². The van der Waals surface area contributed by atoms with Crippen LogP contribution in [-0.2, 0) is 11.2 Å². The van der Waals surface area contributed by atoms with Gasteiger partial charge in [0.2, 0.25) is 11.7 Å². The number of ether oxygens (including phenoxy) is 1. The molecule has 1 aromatic heterocycles. The molecule has 19 heavy (non-hydrogen) atoms. The van der Waals surface area contributed by atoms with Crippen LogP contribution in [0, 0.1) is 0 Å². The van der Waals surface area contributed by atoms with Gasteiger partial charge in [0, 0.05) is 24.0 Å². The average molecular weight is 285 g/mol. The van der Waals surface area contributed by atoms with E-state index in [0.717, 1.165) is 43.9 Å². The van der Waals surface area contributed by atoms with Crippen LogP contribution >= 0.6 is 11.8 Å². The highest BCUT2D eigenvalue weighted by molar-refractivity contribution is 7.99. The van der Waals surface area contributed by atoms with Crippen LogP contribution in [0.2, 0.25) is 0 Å². The maximum atomic E-state index is 5.66. The summed E-state index contributed by atoms with van der Waals surface area (Å²) in [6.45, 7) is 6.05. The zero-order chi connectivity index (χ0) is 13.5. The predicted octanol–water partition coefficient (Wildman–Crippen LogP) is 2.19. The van der Waals surface area contributed by atoms with Gasteiger partial charge in [-0.3, -0.25) is 0 Å². The number of thioether (sulfide) groups is 1. The molecule has 1 aliphatic heterocycles. The molecule has 2 atom stereocenters. The molecule has 6 heteroatoms. The number of rotatable bonds is 7. The van der Waals surface area contributed by atoms with Crippen LogP contribution in [0.25, 0.3) is 0 Å². The van der Waals surface area contributed by atoms with E-state index in [1.165, 1.54) is 0 Å². The van der Waals surface area contributed by atoms with Crippen LogP contribution in [0.1, 0.15) is 44.5 Å². The van der Waals surface area contributed by atoms with Crippen molar-refractivity contribution in [1.29, 1.82) is 0 Å². The summed E-state index contributed by atoms with van der Waals surface area (Å²) in [5, 5.41) is 7.52. The predicted molar refractivity (Wildman–Crippen MR) is 76.4 cm³/mol. The van der Waals surface area contributed by atoms with Crippen LogP contribution < -0.4 is 5.32 Å². The maximum Gasteiger partial charge on any atom is 0.228 e. The molecule has 0 aliphatic carbocycles. The standard InChI is InChI=1S/C13H23N3O2S/c1-3-5-10(14-4-2)8-12-15-13(16-18-12)11-9-19-7-6-17-11/h10-11,14H,3-9H2,1-2H3. The van der Waals surface area contributed by atoms with Gasteiger partial charge in [0.15, 0.2) is 0 Å². The van der Waals surface area contributed by atoms with E-state index in [-0.39, 0.29) is 6.10 Å². The molecule has 0 saturated carbocycles. The van der Waals surface area contributed by atoms with E-state index in [1.807, 2.05) is 11.8 Å². The lowest BCUT2D eigenvalue weighted by molar-refractivity contribution is 0.0677. The molecule has 0 bridgehead atoms. The van der Waals surface area contributed by atoms with Crippen molar-refractivity contribution >= 4 is 11.8 Å². The monoisotopic (exact) mass is 285 g/mol. The molecule has 1 saturated heterocycles. The van der Waals surface area contributed by atoms with Gasteiger partial charge in [-0.2, -0.15) is 16.7 Å². The molecule has 0 amide bonds. The van der Waals surface area contributed by atoms with E-state index in [4.69, 9.17) is 9.26 Å². The SMILES string of the molecule is CCCC(Cc1nc(C2CSCCO2)no1)NCC. The Labute approximate surface area is 118 Å². The van der Waals surface area contributed by atoms with E-state index in [1.54, 1.807) is 0 Å². The van der Waals surface area contributed by atoms with Gasteiger partial charge in [0.25, 0.3) is 0 Å². The summed E-state index contributed by atoms with van der Waals surface area (Å²) < 4.78 is 11.0. The Bertz CT molecular complexity index is 361. The number of aromatic nitrogens is 2. The second kappa shape index (κ2) is 7.87. The summed E-state index contributed by atoms with van der Waals surface area (Å²) in [6.07, 6.45) is 3.08. The number of hydrogen-bond acceptors (Lipinski definition) is 6. The molecule has 0 aromatic carbocycles. The summed E-state index contributed by atoms with van der Waals surface area (Å²) in [5.74, 6) is 3.40. The second-order valence-corrected chi connectivity index (χ2v) is 5.88. The smallest absolute Gasteiger partial charge is 0.228 e. The van der Waals surface area contributed by atoms with E-state index >= 15 is 0 Å². The molecule has 2 unspecified atom stereocenters. The van der Waals surface area contributed by atoms with Crippen LogP contribution in [0.15, 0.2) is 4.52 Å². The fourth-order valence-electron chi connectivity index (χ4n) is 2.24. The third-order valence-electron chi connectivity index (χ3n) is 3.14. The van der Waals surface area contributed by atoms with Crippen molar-refractivity contribution in [2.24, 2.45) is 0 Å². The summed E-state index contributed by atoms with van der Waals surface area (Å²) in [7, 11) is 0. The first kappa shape index (κ1) is 14.8. The Morgan fingerprint density at radius 1 is 1.47 bits per heavy atom. The molecular weight excluding hydrogens is 262 g/mol. The lowest BCUT2D eigenvalue weighted by atomic mass is 10.1. The highest BCUT2D eigenvalue weighted by atomic mass is 32.2. The van der Waals surface area contributed by atoms with Gasteiger partial charge in [-0.25, -0.2) is 0 Å². The van der Waals surface area contributed by atoms with Gasteiger partial charge in [-0.05, 0) is 13.0 Å². The van der Waals surface area contributed by atoms with Gasteiger partial charge >= 0.3 is 0 Å². The van der Waals surface area contributed by atoms with Crippen LogP contribution in [0.3, 0.4) is 0 Å². The van der Waals surface area contributed by atoms with Crippen molar-refractivity contribution in [2.45, 2.75) is 45.3 Å². The first-order chi connectivity index (χ1) is 9.33. The van der Waals surface area contributed by atoms with Crippen molar-refractivity contribution in [3.63, 3.8) is 0 Å². The Morgan fingerprint density at radius 3 is 3.05 bits per heavy atom. The van der Waals surface area contributed by atoms with Crippen molar-refractivity contribution in [2.75, 3.05) is 24.7 Å². The van der Waals surface area contributed by atoms with Gasteiger partial charge in [0.1, 0.15) is 6.10 Å². The summed E-state index contributed by atoms with van der Waals surface area (Å²) in [6, 6.07) is 0.421. The van der Waals surface area contributed by atoms with E-state index in [9.17, 15) is 0 Å². The minimum absolute atomic E-state index is 0.00000877. The highest BCUT2D eigenvalue weighted by Gasteiger charge is 2.22. The molecule has 1 N–H and O–H groups in total. The molecule has 2 rings (SSSR count). The van der Waals surface area contributed by atoms with E-state index in [0.29, 0.717) is 17.8 Å². The zero-order valence-corrected chi connectivity index (χ0v) is 12.5. The maximum absolute atomic E-state index is 5.66. The third kappa shape index (κ3) is 4.47. The minimum Gasteiger partial charge on any atom is -0.368 e. The average Bonchev–Trinajstić information content (AvgIpc) is 2.89. The van der Waals surface area contributed by atoms with Gasteiger partial charge in [-0.15, -0.1) is 0 Å². The normalized spacial score (nSPS) is 21.5. The molecular formula is C13H23N3O2S. The van der Waals surface area contributed by atoms with Crippen molar-refractivity contribution in [1.82, 2.24) is 15.5 Å². The topological polar surface area (TPSA) is 60.2 Å². The Kier molecular flexibility index (Phi) is 6.13. The zero-order valence-electron chi connectivity index (χ0n) is 11.7. The van der Waals surface area contributed by atoms with Crippen molar-refractivity contribution in [3.05, 3.63) is 11.7 Å². The second-order valence-electron chi connectivity index (χ2n) is 4.73. The largest absolute Gasteiger partial charge is 0.368 e. The highest BCUT2D eigenvalue weighted by Crippen LogP contribution is 2.24. The molecule has 2 heterocycles. The number of hydrogen-bond donors (Lipinski definition) is 1. The molecule has 1 aromatic rings. The lowest BCUT2D eigenvalue weighted by Crippen LogP contribution is -2.30. The first-order valence-corrected chi connectivity index (χ1v) is 8.24. The summed E-state index contributed by atoms with van der Waals surface area (Å²) in [4.78, 5) is 4.48. The first-order valence-electron chi connectivity index (χ1n) is 7.08. The molecule has 108 valence electrons. The van der Waals surface area contributed by atoms with E-state index in [2.05, 4.69) is 29.3 Å². The van der Waals surface area contributed by atoms with Crippen molar-refractivity contribution in [3.8, 4) is 0 Å². The molecule has 1 fully saturated rings. The quantitative estimate of drug-likeness (QED) is 0.828. The lowest BCUT2D eigenvalue weighted by Gasteiger charge is -2.18. The van der Waals surface area contributed by atoms with Crippen LogP contribution in [-0.4, -0.2) is 40.8 Å². The molecule has 1 aliphatic rings. The number of nitrogens with zero attached hydrogens (tertiary/aromatic N) is 2. The van der Waals surface area contributed by atoms with E-state index < -0.39 is 0 Å².